The SMILES string of the molecule is C[C@@H]1CCC[C@@H](C)N1C(=O)CSc1nnc(NC(=O)CCCl)s1. The maximum atomic E-state index is 12.4. The summed E-state index contributed by atoms with van der Waals surface area (Å²) >= 11 is 8.15. The Bertz CT molecular complexity index is 545. The van der Waals surface area contributed by atoms with E-state index in [9.17, 15) is 9.59 Å². The van der Waals surface area contributed by atoms with Gasteiger partial charge in [-0.1, -0.05) is 23.1 Å². The van der Waals surface area contributed by atoms with Crippen molar-refractivity contribution in [1.82, 2.24) is 15.1 Å². The minimum Gasteiger partial charge on any atom is -0.337 e. The Labute approximate surface area is 149 Å². The molecular weight excluding hydrogens is 356 g/mol. The maximum Gasteiger partial charge on any atom is 0.233 e. The van der Waals surface area contributed by atoms with Crippen LogP contribution in [0.5, 0.6) is 0 Å². The fourth-order valence-corrected chi connectivity index (χ4v) is 4.51. The van der Waals surface area contributed by atoms with Gasteiger partial charge in [-0.15, -0.1) is 21.8 Å². The Hall–Kier alpha value is -0.860. The lowest BCUT2D eigenvalue weighted by atomic mass is 9.98. The lowest BCUT2D eigenvalue weighted by Crippen LogP contribution is -2.48. The lowest BCUT2D eigenvalue weighted by Gasteiger charge is -2.39. The van der Waals surface area contributed by atoms with Crippen LogP contribution in [0.1, 0.15) is 39.5 Å². The Morgan fingerprint density at radius 3 is 2.70 bits per heavy atom. The molecule has 1 aliphatic heterocycles. The summed E-state index contributed by atoms with van der Waals surface area (Å²) in [7, 11) is 0. The number of likely N-dealkylation sites (tertiary alicyclic amines) is 1. The van der Waals surface area contributed by atoms with Gasteiger partial charge in [0, 0.05) is 24.4 Å². The summed E-state index contributed by atoms with van der Waals surface area (Å²) in [5.41, 5.74) is 0. The highest BCUT2D eigenvalue weighted by molar-refractivity contribution is 8.01. The Kier molecular flexibility index (Phi) is 7.10. The van der Waals surface area contributed by atoms with Gasteiger partial charge >= 0.3 is 0 Å². The number of rotatable bonds is 6. The number of amides is 2. The summed E-state index contributed by atoms with van der Waals surface area (Å²) in [6.07, 6.45) is 3.56. The second kappa shape index (κ2) is 8.84. The average molecular weight is 377 g/mol. The Balaban J connectivity index is 1.84. The largest absolute Gasteiger partial charge is 0.337 e. The van der Waals surface area contributed by atoms with E-state index in [4.69, 9.17) is 11.6 Å². The fourth-order valence-electron chi connectivity index (χ4n) is 2.70. The zero-order chi connectivity index (χ0) is 16.8. The van der Waals surface area contributed by atoms with E-state index in [-0.39, 0.29) is 24.1 Å². The highest BCUT2D eigenvalue weighted by Gasteiger charge is 2.28. The number of carbonyl (C=O) groups is 2. The zero-order valence-electron chi connectivity index (χ0n) is 13.2. The summed E-state index contributed by atoms with van der Waals surface area (Å²) in [6, 6.07) is 0.596. The monoisotopic (exact) mass is 376 g/mol. The van der Waals surface area contributed by atoms with E-state index in [0.717, 1.165) is 12.8 Å². The normalized spacial score (nSPS) is 21.3. The number of nitrogens with one attached hydrogen (secondary N) is 1. The topological polar surface area (TPSA) is 75.2 Å². The summed E-state index contributed by atoms with van der Waals surface area (Å²) in [5.74, 6) is 0.573. The lowest BCUT2D eigenvalue weighted by molar-refractivity contribution is -0.134. The number of piperidine rings is 1. The third kappa shape index (κ3) is 5.32. The van der Waals surface area contributed by atoms with Crippen molar-refractivity contribution in [1.29, 1.82) is 0 Å². The highest BCUT2D eigenvalue weighted by Crippen LogP contribution is 2.28. The van der Waals surface area contributed by atoms with Crippen LogP contribution in [-0.4, -0.2) is 50.6 Å². The molecule has 1 aliphatic rings. The predicted molar refractivity (Wildman–Crippen MR) is 94.2 cm³/mol. The number of halogens is 1. The van der Waals surface area contributed by atoms with Crippen molar-refractivity contribution < 1.29 is 9.59 Å². The maximum absolute atomic E-state index is 12.4. The van der Waals surface area contributed by atoms with Gasteiger partial charge in [-0.05, 0) is 33.1 Å². The van der Waals surface area contributed by atoms with Crippen LogP contribution >= 0.6 is 34.7 Å². The molecule has 2 amide bonds. The van der Waals surface area contributed by atoms with E-state index in [0.29, 0.717) is 27.3 Å². The molecule has 2 rings (SSSR count). The van der Waals surface area contributed by atoms with Crippen LogP contribution in [-0.2, 0) is 9.59 Å². The first-order valence-corrected chi connectivity index (χ1v) is 9.98. The molecule has 128 valence electrons. The van der Waals surface area contributed by atoms with E-state index in [2.05, 4.69) is 29.4 Å². The fraction of sp³-hybridized carbons (Fsp3) is 0.714. The van der Waals surface area contributed by atoms with Gasteiger partial charge in [0.2, 0.25) is 16.9 Å². The van der Waals surface area contributed by atoms with Crippen LogP contribution in [0.15, 0.2) is 4.34 Å². The number of anilines is 1. The van der Waals surface area contributed by atoms with Crippen LogP contribution < -0.4 is 5.32 Å². The van der Waals surface area contributed by atoms with E-state index < -0.39 is 0 Å². The van der Waals surface area contributed by atoms with E-state index >= 15 is 0 Å². The van der Waals surface area contributed by atoms with Gasteiger partial charge in [0.05, 0.1) is 5.75 Å². The Morgan fingerprint density at radius 2 is 2.04 bits per heavy atom. The van der Waals surface area contributed by atoms with Crippen molar-refractivity contribution in [2.45, 2.75) is 56.0 Å². The molecule has 1 N–H and O–H groups in total. The molecule has 2 heterocycles. The predicted octanol–water partition coefficient (Wildman–Crippen LogP) is 2.99. The van der Waals surface area contributed by atoms with Crippen LogP contribution in [0.4, 0.5) is 5.13 Å². The summed E-state index contributed by atoms with van der Waals surface area (Å²) < 4.78 is 0.678. The molecule has 23 heavy (non-hydrogen) atoms. The Morgan fingerprint density at radius 1 is 1.35 bits per heavy atom. The molecule has 1 aromatic rings. The number of alkyl halides is 1. The minimum atomic E-state index is -0.181. The van der Waals surface area contributed by atoms with Crippen LogP contribution in [0.3, 0.4) is 0 Å². The van der Waals surface area contributed by atoms with Crippen molar-refractivity contribution in [3.63, 3.8) is 0 Å². The smallest absolute Gasteiger partial charge is 0.233 e. The van der Waals surface area contributed by atoms with E-state index in [1.807, 2.05) is 4.90 Å². The highest BCUT2D eigenvalue weighted by atomic mass is 35.5. The van der Waals surface area contributed by atoms with Crippen LogP contribution in [0.2, 0.25) is 0 Å². The molecule has 0 saturated carbocycles. The van der Waals surface area contributed by atoms with Gasteiger partial charge in [-0.3, -0.25) is 9.59 Å². The number of carbonyl (C=O) groups excluding carboxylic acids is 2. The second-order valence-corrected chi connectivity index (χ2v) is 8.16. The molecule has 1 aromatic heterocycles. The minimum absolute atomic E-state index is 0.137. The number of aromatic nitrogens is 2. The molecule has 9 heteroatoms. The van der Waals surface area contributed by atoms with E-state index in [1.165, 1.54) is 29.5 Å². The molecule has 0 spiro atoms. The summed E-state index contributed by atoms with van der Waals surface area (Å²) in [4.78, 5) is 25.9. The molecule has 6 nitrogen and oxygen atoms in total. The van der Waals surface area contributed by atoms with Crippen molar-refractivity contribution >= 4 is 51.6 Å². The molecular formula is C14H21ClN4O2S2. The first-order chi connectivity index (χ1) is 11.0. The van der Waals surface area contributed by atoms with Gasteiger partial charge in [-0.2, -0.15) is 0 Å². The molecule has 1 saturated heterocycles. The van der Waals surface area contributed by atoms with Crippen molar-refractivity contribution in [2.75, 3.05) is 16.9 Å². The molecule has 1 fully saturated rings. The third-order valence-electron chi connectivity index (χ3n) is 3.77. The van der Waals surface area contributed by atoms with Gasteiger partial charge in [-0.25, -0.2) is 0 Å². The third-order valence-corrected chi connectivity index (χ3v) is 5.92. The summed E-state index contributed by atoms with van der Waals surface area (Å²) in [5, 5.41) is 11.0. The molecule has 0 radical (unpaired) electrons. The molecule has 2 atom stereocenters. The average Bonchev–Trinajstić information content (AvgIpc) is 2.92. The number of nitrogens with zero attached hydrogens (tertiary/aromatic N) is 3. The van der Waals surface area contributed by atoms with Crippen LogP contribution in [0.25, 0.3) is 0 Å². The van der Waals surface area contributed by atoms with Gasteiger partial charge in [0.15, 0.2) is 4.34 Å². The molecule has 0 aromatic carbocycles. The van der Waals surface area contributed by atoms with Crippen LogP contribution in [0, 0.1) is 0 Å². The van der Waals surface area contributed by atoms with Crippen molar-refractivity contribution in [2.24, 2.45) is 0 Å². The number of thioether (sulfide) groups is 1. The van der Waals surface area contributed by atoms with Crippen molar-refractivity contribution in [3.8, 4) is 0 Å². The molecule has 0 aliphatic carbocycles. The molecule has 0 bridgehead atoms. The zero-order valence-corrected chi connectivity index (χ0v) is 15.6. The van der Waals surface area contributed by atoms with E-state index in [1.54, 1.807) is 0 Å². The van der Waals surface area contributed by atoms with Gasteiger partial charge < -0.3 is 10.2 Å². The number of hydrogen-bond donors (Lipinski definition) is 1. The molecule has 0 unspecified atom stereocenters. The quantitative estimate of drug-likeness (QED) is 0.469. The standard InChI is InChI=1S/C14H21ClN4O2S2/c1-9-4-3-5-10(2)19(9)12(21)8-22-14-18-17-13(23-14)16-11(20)6-7-15/h9-10H,3-8H2,1-2H3,(H,16,17,20)/t9-,10-/m1/s1. The summed E-state index contributed by atoms with van der Waals surface area (Å²) in [6.45, 7) is 4.21. The number of hydrogen-bond acceptors (Lipinski definition) is 6. The van der Waals surface area contributed by atoms with Gasteiger partial charge in [0.25, 0.3) is 0 Å². The van der Waals surface area contributed by atoms with Gasteiger partial charge in [0.1, 0.15) is 0 Å². The van der Waals surface area contributed by atoms with Crippen molar-refractivity contribution in [3.05, 3.63) is 0 Å². The second-order valence-electron chi connectivity index (χ2n) is 5.58. The first kappa shape index (κ1) is 18.5. The first-order valence-electron chi connectivity index (χ1n) is 7.64.